The van der Waals surface area contributed by atoms with Crippen LogP contribution in [0, 0.1) is 5.92 Å². The first kappa shape index (κ1) is 15.1. The SMILES string of the molecule is COCCc1ccccc1NC(=O)C(S)C(C)C. The Kier molecular flexibility index (Phi) is 6.22. The minimum Gasteiger partial charge on any atom is -0.384 e. The molecule has 0 aromatic heterocycles. The Morgan fingerprint density at radius 3 is 2.67 bits per heavy atom. The van der Waals surface area contributed by atoms with Crippen LogP contribution >= 0.6 is 12.6 Å². The van der Waals surface area contributed by atoms with Crippen molar-refractivity contribution >= 4 is 24.2 Å². The molecule has 1 aromatic carbocycles. The van der Waals surface area contributed by atoms with E-state index in [1.807, 2.05) is 38.1 Å². The summed E-state index contributed by atoms with van der Waals surface area (Å²) in [6, 6.07) is 7.78. The third-order valence-electron chi connectivity index (χ3n) is 2.75. The summed E-state index contributed by atoms with van der Waals surface area (Å²) in [6.07, 6.45) is 0.784. The van der Waals surface area contributed by atoms with E-state index in [4.69, 9.17) is 4.74 Å². The Bertz CT molecular complexity index is 393. The van der Waals surface area contributed by atoms with Crippen molar-refractivity contribution in [3.05, 3.63) is 29.8 Å². The van der Waals surface area contributed by atoms with E-state index in [0.717, 1.165) is 17.7 Å². The first-order valence-corrected chi connectivity index (χ1v) is 6.63. The van der Waals surface area contributed by atoms with Gasteiger partial charge in [0.1, 0.15) is 0 Å². The van der Waals surface area contributed by atoms with Crippen LogP contribution < -0.4 is 5.32 Å². The van der Waals surface area contributed by atoms with Crippen LogP contribution in [0.15, 0.2) is 24.3 Å². The molecule has 100 valence electrons. The molecular weight excluding hydrogens is 246 g/mol. The molecule has 0 heterocycles. The number of ether oxygens (including phenoxy) is 1. The summed E-state index contributed by atoms with van der Waals surface area (Å²) in [5.74, 6) is 0.151. The van der Waals surface area contributed by atoms with Crippen LogP contribution in [-0.4, -0.2) is 24.9 Å². The van der Waals surface area contributed by atoms with Gasteiger partial charge in [-0.3, -0.25) is 4.79 Å². The second-order valence-corrected chi connectivity index (χ2v) is 5.13. The zero-order chi connectivity index (χ0) is 13.5. The van der Waals surface area contributed by atoms with Gasteiger partial charge in [0.05, 0.1) is 11.9 Å². The van der Waals surface area contributed by atoms with Gasteiger partial charge in [-0.15, -0.1) is 0 Å². The Morgan fingerprint density at radius 2 is 2.06 bits per heavy atom. The van der Waals surface area contributed by atoms with Gasteiger partial charge in [0.25, 0.3) is 0 Å². The molecule has 1 amide bonds. The van der Waals surface area contributed by atoms with Gasteiger partial charge < -0.3 is 10.1 Å². The van der Waals surface area contributed by atoms with Crippen LogP contribution in [0.5, 0.6) is 0 Å². The smallest absolute Gasteiger partial charge is 0.237 e. The molecule has 0 spiro atoms. The number of amides is 1. The van der Waals surface area contributed by atoms with Crippen LogP contribution in [0.4, 0.5) is 5.69 Å². The maximum atomic E-state index is 12.0. The maximum absolute atomic E-state index is 12.0. The molecule has 0 bridgehead atoms. The van der Waals surface area contributed by atoms with Crippen molar-refractivity contribution in [2.24, 2.45) is 5.92 Å². The zero-order valence-corrected chi connectivity index (χ0v) is 12.0. The zero-order valence-electron chi connectivity index (χ0n) is 11.1. The lowest BCUT2D eigenvalue weighted by Crippen LogP contribution is -2.28. The highest BCUT2D eigenvalue weighted by Crippen LogP contribution is 2.18. The first-order chi connectivity index (χ1) is 8.56. The molecule has 1 atom stereocenters. The molecule has 1 rings (SSSR count). The average molecular weight is 267 g/mol. The van der Waals surface area contributed by atoms with Gasteiger partial charge in [-0.1, -0.05) is 32.0 Å². The van der Waals surface area contributed by atoms with Gasteiger partial charge in [-0.05, 0) is 24.0 Å². The number of hydrogen-bond donors (Lipinski definition) is 2. The van der Waals surface area contributed by atoms with Crippen molar-refractivity contribution in [3.63, 3.8) is 0 Å². The number of rotatable bonds is 6. The normalized spacial score (nSPS) is 12.5. The van der Waals surface area contributed by atoms with E-state index >= 15 is 0 Å². The second-order valence-electron chi connectivity index (χ2n) is 4.58. The van der Waals surface area contributed by atoms with Crippen LogP contribution in [0.25, 0.3) is 0 Å². The number of benzene rings is 1. The van der Waals surface area contributed by atoms with Gasteiger partial charge in [0.15, 0.2) is 0 Å². The number of thiol groups is 1. The molecule has 3 nitrogen and oxygen atoms in total. The van der Waals surface area contributed by atoms with Crippen molar-refractivity contribution in [1.82, 2.24) is 0 Å². The number of hydrogen-bond acceptors (Lipinski definition) is 3. The molecule has 1 unspecified atom stereocenters. The average Bonchev–Trinajstić information content (AvgIpc) is 2.36. The molecule has 0 saturated carbocycles. The van der Waals surface area contributed by atoms with Gasteiger partial charge in [-0.2, -0.15) is 12.6 Å². The summed E-state index contributed by atoms with van der Waals surface area (Å²) in [5.41, 5.74) is 1.93. The summed E-state index contributed by atoms with van der Waals surface area (Å²) in [7, 11) is 1.67. The minimum atomic E-state index is -0.291. The fourth-order valence-corrected chi connectivity index (χ4v) is 1.65. The standard InChI is InChI=1S/C14H21NO2S/c1-10(2)13(18)14(16)15-12-7-5-4-6-11(12)8-9-17-3/h4-7,10,13,18H,8-9H2,1-3H3,(H,15,16). The van der Waals surface area contributed by atoms with E-state index in [9.17, 15) is 4.79 Å². The van der Waals surface area contributed by atoms with Crippen molar-refractivity contribution in [1.29, 1.82) is 0 Å². The number of carbonyl (C=O) groups is 1. The number of nitrogens with one attached hydrogen (secondary N) is 1. The summed E-state index contributed by atoms with van der Waals surface area (Å²) in [4.78, 5) is 12.0. The predicted octanol–water partition coefficient (Wildman–Crippen LogP) is 2.77. The van der Waals surface area contributed by atoms with Crippen LogP contribution in [-0.2, 0) is 16.0 Å². The van der Waals surface area contributed by atoms with Crippen molar-refractivity contribution in [2.75, 3.05) is 19.0 Å². The Hall–Kier alpha value is -1.000. The summed E-state index contributed by atoms with van der Waals surface area (Å²) >= 11 is 4.32. The van der Waals surface area contributed by atoms with E-state index in [-0.39, 0.29) is 17.1 Å². The van der Waals surface area contributed by atoms with Crippen LogP contribution in [0.1, 0.15) is 19.4 Å². The molecule has 0 aliphatic carbocycles. The largest absolute Gasteiger partial charge is 0.384 e. The Morgan fingerprint density at radius 1 is 1.39 bits per heavy atom. The molecule has 0 saturated heterocycles. The minimum absolute atomic E-state index is 0.0572. The second kappa shape index (κ2) is 7.44. The number of para-hydroxylation sites is 1. The van der Waals surface area contributed by atoms with Gasteiger partial charge in [0, 0.05) is 12.8 Å². The fourth-order valence-electron chi connectivity index (χ4n) is 1.58. The molecule has 1 aromatic rings. The Labute approximate surface area is 114 Å². The van der Waals surface area contributed by atoms with Gasteiger partial charge >= 0.3 is 0 Å². The van der Waals surface area contributed by atoms with Gasteiger partial charge in [0.2, 0.25) is 5.91 Å². The van der Waals surface area contributed by atoms with E-state index in [1.54, 1.807) is 7.11 Å². The highest BCUT2D eigenvalue weighted by molar-refractivity contribution is 7.81. The molecule has 0 aliphatic rings. The van der Waals surface area contributed by atoms with Crippen LogP contribution in [0.3, 0.4) is 0 Å². The molecular formula is C14H21NO2S. The monoisotopic (exact) mass is 267 g/mol. The van der Waals surface area contributed by atoms with Crippen molar-refractivity contribution < 1.29 is 9.53 Å². The maximum Gasteiger partial charge on any atom is 0.237 e. The molecule has 1 N–H and O–H groups in total. The lowest BCUT2D eigenvalue weighted by atomic mass is 10.1. The molecule has 0 radical (unpaired) electrons. The van der Waals surface area contributed by atoms with Crippen LogP contribution in [0.2, 0.25) is 0 Å². The van der Waals surface area contributed by atoms with Crippen molar-refractivity contribution in [3.8, 4) is 0 Å². The quantitative estimate of drug-likeness (QED) is 0.778. The third-order valence-corrected chi connectivity index (χ3v) is 3.58. The topological polar surface area (TPSA) is 38.3 Å². The number of methoxy groups -OCH3 is 1. The molecule has 4 heteroatoms. The first-order valence-electron chi connectivity index (χ1n) is 6.12. The Balaban J connectivity index is 2.74. The highest BCUT2D eigenvalue weighted by Gasteiger charge is 2.18. The summed E-state index contributed by atoms with van der Waals surface area (Å²) in [6.45, 7) is 4.60. The van der Waals surface area contributed by atoms with E-state index < -0.39 is 0 Å². The van der Waals surface area contributed by atoms with Crippen molar-refractivity contribution in [2.45, 2.75) is 25.5 Å². The van der Waals surface area contributed by atoms with E-state index in [1.165, 1.54) is 0 Å². The summed E-state index contributed by atoms with van der Waals surface area (Å²) in [5, 5.41) is 2.64. The lowest BCUT2D eigenvalue weighted by Gasteiger charge is -2.16. The molecule has 18 heavy (non-hydrogen) atoms. The predicted molar refractivity (Wildman–Crippen MR) is 78.3 cm³/mol. The summed E-state index contributed by atoms with van der Waals surface area (Å²) < 4.78 is 5.06. The van der Waals surface area contributed by atoms with Gasteiger partial charge in [-0.25, -0.2) is 0 Å². The third kappa shape index (κ3) is 4.35. The number of carbonyl (C=O) groups excluding carboxylic acids is 1. The lowest BCUT2D eigenvalue weighted by molar-refractivity contribution is -0.116. The molecule has 0 fully saturated rings. The number of anilines is 1. The van der Waals surface area contributed by atoms with E-state index in [2.05, 4.69) is 17.9 Å². The van der Waals surface area contributed by atoms with E-state index in [0.29, 0.717) is 6.61 Å². The highest BCUT2D eigenvalue weighted by atomic mass is 32.1. The molecule has 0 aliphatic heterocycles. The fraction of sp³-hybridized carbons (Fsp3) is 0.500.